The van der Waals surface area contributed by atoms with Crippen LogP contribution in [0.25, 0.3) is 5.82 Å². The number of ether oxygens (including phenoxy) is 2. The Morgan fingerprint density at radius 3 is 2.88 bits per heavy atom. The van der Waals surface area contributed by atoms with Gasteiger partial charge in [0.05, 0.1) is 31.9 Å². The molecule has 9 heteroatoms. The molecule has 26 heavy (non-hydrogen) atoms. The first kappa shape index (κ1) is 16.8. The summed E-state index contributed by atoms with van der Waals surface area (Å²) in [4.78, 5) is 23.3. The molecule has 1 fully saturated rings. The Hall–Kier alpha value is -2.62. The molecule has 0 aromatic carbocycles. The van der Waals surface area contributed by atoms with Crippen LogP contribution in [-0.4, -0.2) is 51.9 Å². The van der Waals surface area contributed by atoms with E-state index in [4.69, 9.17) is 9.47 Å². The summed E-state index contributed by atoms with van der Waals surface area (Å²) < 4.78 is 12.8. The monoisotopic (exact) mass is 372 g/mol. The number of nitrogens with one attached hydrogen (secondary N) is 1. The molecule has 0 saturated carbocycles. The number of rotatable bonds is 6. The topological polar surface area (TPSA) is 84.2 Å². The van der Waals surface area contributed by atoms with Gasteiger partial charge >= 0.3 is 5.82 Å². The molecule has 1 amide bonds. The van der Waals surface area contributed by atoms with E-state index in [0.29, 0.717) is 37.7 Å². The third-order valence-corrected chi connectivity index (χ3v) is 4.71. The van der Waals surface area contributed by atoms with Crippen LogP contribution >= 0.6 is 11.3 Å². The van der Waals surface area contributed by atoms with Gasteiger partial charge in [-0.2, -0.15) is 0 Å². The van der Waals surface area contributed by atoms with Gasteiger partial charge in [-0.25, -0.2) is 10.1 Å². The van der Waals surface area contributed by atoms with Gasteiger partial charge in [-0.3, -0.25) is 4.79 Å². The number of pyridine rings is 1. The third-order valence-electron chi connectivity index (χ3n) is 3.94. The van der Waals surface area contributed by atoms with E-state index in [1.165, 1.54) is 11.3 Å². The van der Waals surface area contributed by atoms with Gasteiger partial charge in [0.25, 0.3) is 5.91 Å². The summed E-state index contributed by atoms with van der Waals surface area (Å²) >= 11 is 1.51. The molecular weight excluding hydrogens is 354 g/mol. The molecule has 0 unspecified atom stereocenters. The summed E-state index contributed by atoms with van der Waals surface area (Å²) in [7, 11) is 0. The largest absolute Gasteiger partial charge is 0.348 e. The number of aromatic amines is 1. The fraction of sp³-hybridized carbons (Fsp3) is 0.294. The predicted octanol–water partition coefficient (Wildman–Crippen LogP) is 1.16. The SMILES string of the molecule is O=C(c1ccc(-[n+]2ccc[nH]2)nc1)N(Cc1nccs1)CC1OCCO1. The van der Waals surface area contributed by atoms with Gasteiger partial charge in [0.1, 0.15) is 11.2 Å². The molecule has 0 radical (unpaired) electrons. The predicted molar refractivity (Wildman–Crippen MR) is 92.7 cm³/mol. The second kappa shape index (κ2) is 7.73. The molecule has 1 saturated heterocycles. The van der Waals surface area contributed by atoms with Crippen molar-refractivity contribution in [3.05, 3.63) is 58.9 Å². The molecule has 3 aromatic heterocycles. The highest BCUT2D eigenvalue weighted by Gasteiger charge is 2.26. The summed E-state index contributed by atoms with van der Waals surface area (Å²) in [5.41, 5.74) is 0.510. The first-order valence-corrected chi connectivity index (χ1v) is 9.10. The highest BCUT2D eigenvalue weighted by atomic mass is 32.1. The van der Waals surface area contributed by atoms with Crippen molar-refractivity contribution in [1.29, 1.82) is 0 Å². The zero-order valence-electron chi connectivity index (χ0n) is 13.9. The summed E-state index contributed by atoms with van der Waals surface area (Å²) in [5.74, 6) is 0.579. The van der Waals surface area contributed by atoms with E-state index < -0.39 is 6.29 Å². The van der Waals surface area contributed by atoms with Crippen LogP contribution in [0.3, 0.4) is 0 Å². The quantitative estimate of drug-likeness (QED) is 0.657. The lowest BCUT2D eigenvalue weighted by atomic mass is 10.2. The van der Waals surface area contributed by atoms with E-state index >= 15 is 0 Å². The number of carbonyl (C=O) groups excluding carboxylic acids is 1. The molecule has 1 aliphatic rings. The molecule has 134 valence electrons. The van der Waals surface area contributed by atoms with Crippen molar-refractivity contribution in [1.82, 2.24) is 20.0 Å². The number of hydrogen-bond acceptors (Lipinski definition) is 6. The molecule has 0 aliphatic carbocycles. The minimum Gasteiger partial charge on any atom is -0.348 e. The molecule has 4 heterocycles. The van der Waals surface area contributed by atoms with Crippen LogP contribution in [0.1, 0.15) is 15.4 Å². The molecule has 3 aromatic rings. The fourth-order valence-corrected chi connectivity index (χ4v) is 3.31. The normalized spacial score (nSPS) is 14.6. The van der Waals surface area contributed by atoms with Gasteiger partial charge in [0.15, 0.2) is 12.5 Å². The number of aromatic nitrogens is 4. The Morgan fingerprint density at radius 2 is 2.23 bits per heavy atom. The van der Waals surface area contributed by atoms with Gasteiger partial charge < -0.3 is 14.4 Å². The zero-order valence-corrected chi connectivity index (χ0v) is 14.8. The van der Waals surface area contributed by atoms with Gasteiger partial charge in [0.2, 0.25) is 0 Å². The Balaban J connectivity index is 1.52. The number of thiazole rings is 1. The van der Waals surface area contributed by atoms with Crippen LogP contribution in [0.15, 0.2) is 48.4 Å². The Kier molecular flexibility index (Phi) is 5.00. The Bertz CT molecular complexity index is 830. The second-order valence-electron chi connectivity index (χ2n) is 5.70. The number of nitrogens with zero attached hydrogens (tertiary/aromatic N) is 4. The summed E-state index contributed by atoms with van der Waals surface area (Å²) in [6, 6.07) is 5.44. The highest BCUT2D eigenvalue weighted by Crippen LogP contribution is 2.15. The van der Waals surface area contributed by atoms with Gasteiger partial charge in [0, 0.05) is 23.8 Å². The molecule has 4 rings (SSSR count). The summed E-state index contributed by atoms with van der Waals surface area (Å²) in [6.45, 7) is 1.86. The zero-order chi connectivity index (χ0) is 17.8. The second-order valence-corrected chi connectivity index (χ2v) is 6.67. The van der Waals surface area contributed by atoms with Crippen LogP contribution in [0.2, 0.25) is 0 Å². The van der Waals surface area contributed by atoms with Crippen LogP contribution < -0.4 is 4.68 Å². The molecule has 1 N–H and O–H groups in total. The molecular formula is C17H18N5O3S+. The first-order chi connectivity index (χ1) is 12.8. The summed E-state index contributed by atoms with van der Waals surface area (Å²) in [5, 5.41) is 5.78. The van der Waals surface area contributed by atoms with Crippen molar-refractivity contribution < 1.29 is 19.0 Å². The maximum Gasteiger partial charge on any atom is 0.346 e. The van der Waals surface area contributed by atoms with Crippen LogP contribution in [0, 0.1) is 0 Å². The minimum absolute atomic E-state index is 0.130. The molecule has 0 bridgehead atoms. The van der Waals surface area contributed by atoms with E-state index in [-0.39, 0.29) is 5.91 Å². The lowest BCUT2D eigenvalue weighted by molar-refractivity contribution is -0.658. The van der Waals surface area contributed by atoms with Gasteiger partial charge in [-0.1, -0.05) is 0 Å². The lowest BCUT2D eigenvalue weighted by Gasteiger charge is -2.23. The van der Waals surface area contributed by atoms with Crippen molar-refractivity contribution in [2.24, 2.45) is 0 Å². The number of hydrogen-bond donors (Lipinski definition) is 1. The maximum atomic E-state index is 13.0. The molecule has 1 aliphatic heterocycles. The lowest BCUT2D eigenvalue weighted by Crippen LogP contribution is -2.38. The van der Waals surface area contributed by atoms with Crippen molar-refractivity contribution in [2.45, 2.75) is 12.8 Å². The average molecular weight is 372 g/mol. The number of amides is 1. The Morgan fingerprint density at radius 1 is 1.35 bits per heavy atom. The minimum atomic E-state index is -0.402. The van der Waals surface area contributed by atoms with Crippen molar-refractivity contribution in [3.8, 4) is 5.82 Å². The van der Waals surface area contributed by atoms with E-state index in [0.717, 1.165) is 5.01 Å². The molecule has 0 spiro atoms. The number of H-pyrrole nitrogens is 1. The van der Waals surface area contributed by atoms with E-state index in [9.17, 15) is 4.79 Å². The fourth-order valence-electron chi connectivity index (χ4n) is 2.68. The maximum absolute atomic E-state index is 13.0. The van der Waals surface area contributed by atoms with Crippen LogP contribution in [-0.2, 0) is 16.0 Å². The van der Waals surface area contributed by atoms with E-state index in [2.05, 4.69) is 15.1 Å². The number of carbonyl (C=O) groups is 1. The first-order valence-electron chi connectivity index (χ1n) is 8.22. The highest BCUT2D eigenvalue weighted by molar-refractivity contribution is 7.09. The van der Waals surface area contributed by atoms with E-state index in [1.807, 2.05) is 17.6 Å². The van der Waals surface area contributed by atoms with Crippen LogP contribution in [0.5, 0.6) is 0 Å². The van der Waals surface area contributed by atoms with Crippen LogP contribution in [0.4, 0.5) is 0 Å². The Labute approximate surface area is 154 Å². The van der Waals surface area contributed by atoms with Crippen molar-refractivity contribution >= 4 is 17.2 Å². The standard InChI is InChI=1S/C17H17N5O3S/c23-17(13-2-3-14(19-10-13)22-6-1-4-20-22)21(11-15-18-5-9-26-15)12-16-24-7-8-25-16/h1-6,9-10,16H,7-8,11-12H2/p+1. The van der Waals surface area contributed by atoms with E-state index in [1.54, 1.807) is 40.3 Å². The smallest absolute Gasteiger partial charge is 0.346 e. The van der Waals surface area contributed by atoms with Crippen molar-refractivity contribution in [3.63, 3.8) is 0 Å². The van der Waals surface area contributed by atoms with Gasteiger partial charge in [-0.15, -0.1) is 16.0 Å². The van der Waals surface area contributed by atoms with Gasteiger partial charge in [-0.05, 0) is 17.1 Å². The van der Waals surface area contributed by atoms with Crippen molar-refractivity contribution in [2.75, 3.05) is 19.8 Å². The molecule has 0 atom stereocenters. The average Bonchev–Trinajstić information content (AvgIpc) is 3.43. The third kappa shape index (κ3) is 3.79. The molecule has 8 nitrogen and oxygen atoms in total. The summed E-state index contributed by atoms with van der Waals surface area (Å²) in [6.07, 6.45) is 6.57.